The number of aryl methyl sites for hydroxylation is 1. The van der Waals surface area contributed by atoms with Crippen LogP contribution < -0.4 is 0 Å². The van der Waals surface area contributed by atoms with Gasteiger partial charge < -0.3 is 4.57 Å². The zero-order valence-electron chi connectivity index (χ0n) is 11.5. The maximum atomic E-state index is 12.1. The lowest BCUT2D eigenvalue weighted by Crippen LogP contribution is -2.22. The summed E-state index contributed by atoms with van der Waals surface area (Å²) in [6.07, 6.45) is 1.63. The Labute approximate surface area is 122 Å². The molecule has 0 radical (unpaired) electrons. The molecule has 8 heteroatoms. The number of hydrogen-bond acceptors (Lipinski definition) is 5. The first-order valence-corrected chi connectivity index (χ1v) is 8.32. The molecular formula is C12H16N4O2S2. The van der Waals surface area contributed by atoms with E-state index in [1.54, 1.807) is 24.5 Å². The van der Waals surface area contributed by atoms with Gasteiger partial charge in [0.1, 0.15) is 6.33 Å². The fourth-order valence-electron chi connectivity index (χ4n) is 1.56. The quantitative estimate of drug-likeness (QED) is 0.780. The SMILES string of the molecule is CN(C)S(=O)(=O)c1cccc(CSc2nncn2C)c1. The molecule has 0 spiro atoms. The number of sulfonamides is 1. The van der Waals surface area contributed by atoms with Crippen molar-refractivity contribution in [2.24, 2.45) is 7.05 Å². The van der Waals surface area contributed by atoms with E-state index < -0.39 is 10.0 Å². The van der Waals surface area contributed by atoms with E-state index in [9.17, 15) is 8.42 Å². The third-order valence-corrected chi connectivity index (χ3v) is 5.63. The van der Waals surface area contributed by atoms with Gasteiger partial charge in [0, 0.05) is 26.9 Å². The Morgan fingerprint density at radius 1 is 1.35 bits per heavy atom. The highest BCUT2D eigenvalue weighted by Crippen LogP contribution is 2.22. The van der Waals surface area contributed by atoms with Crippen LogP contribution in [0.15, 0.2) is 40.6 Å². The van der Waals surface area contributed by atoms with Crippen LogP contribution in [-0.4, -0.2) is 41.6 Å². The van der Waals surface area contributed by atoms with Crippen molar-refractivity contribution in [2.45, 2.75) is 15.8 Å². The van der Waals surface area contributed by atoms with Gasteiger partial charge in [-0.3, -0.25) is 0 Å². The fraction of sp³-hybridized carbons (Fsp3) is 0.333. The molecule has 0 fully saturated rings. The highest BCUT2D eigenvalue weighted by Gasteiger charge is 2.17. The van der Waals surface area contributed by atoms with Gasteiger partial charge in [-0.2, -0.15) is 0 Å². The van der Waals surface area contributed by atoms with Gasteiger partial charge in [-0.1, -0.05) is 23.9 Å². The van der Waals surface area contributed by atoms with Crippen LogP contribution in [0.25, 0.3) is 0 Å². The topological polar surface area (TPSA) is 68.1 Å². The maximum absolute atomic E-state index is 12.1. The highest BCUT2D eigenvalue weighted by molar-refractivity contribution is 7.98. The van der Waals surface area contributed by atoms with Crippen molar-refractivity contribution in [3.63, 3.8) is 0 Å². The molecule has 0 aliphatic carbocycles. The Hall–Kier alpha value is -1.38. The van der Waals surface area contributed by atoms with E-state index >= 15 is 0 Å². The monoisotopic (exact) mass is 312 g/mol. The first-order valence-electron chi connectivity index (χ1n) is 5.89. The van der Waals surface area contributed by atoms with E-state index in [-0.39, 0.29) is 0 Å². The molecule has 0 saturated heterocycles. The van der Waals surface area contributed by atoms with Gasteiger partial charge in [0.2, 0.25) is 10.0 Å². The second-order valence-electron chi connectivity index (χ2n) is 4.45. The van der Waals surface area contributed by atoms with Gasteiger partial charge in [0.05, 0.1) is 4.90 Å². The van der Waals surface area contributed by atoms with Gasteiger partial charge in [0.15, 0.2) is 5.16 Å². The van der Waals surface area contributed by atoms with E-state index in [1.807, 2.05) is 17.7 Å². The highest BCUT2D eigenvalue weighted by atomic mass is 32.2. The van der Waals surface area contributed by atoms with Crippen LogP contribution >= 0.6 is 11.8 Å². The van der Waals surface area contributed by atoms with E-state index in [0.29, 0.717) is 10.6 Å². The molecule has 1 heterocycles. The summed E-state index contributed by atoms with van der Waals surface area (Å²) in [6.45, 7) is 0. The number of aromatic nitrogens is 3. The van der Waals surface area contributed by atoms with Gasteiger partial charge in [-0.25, -0.2) is 12.7 Å². The fourth-order valence-corrected chi connectivity index (χ4v) is 3.36. The number of thioether (sulfide) groups is 1. The summed E-state index contributed by atoms with van der Waals surface area (Å²) in [5.41, 5.74) is 0.931. The van der Waals surface area contributed by atoms with Crippen LogP contribution in [0.2, 0.25) is 0 Å². The van der Waals surface area contributed by atoms with Crippen molar-refractivity contribution >= 4 is 21.8 Å². The van der Waals surface area contributed by atoms with Crippen molar-refractivity contribution in [3.8, 4) is 0 Å². The molecule has 2 rings (SSSR count). The molecule has 0 aliphatic rings. The molecule has 2 aromatic rings. The lowest BCUT2D eigenvalue weighted by molar-refractivity contribution is 0.520. The van der Waals surface area contributed by atoms with Crippen molar-refractivity contribution in [1.82, 2.24) is 19.1 Å². The van der Waals surface area contributed by atoms with Crippen LogP contribution in [0, 0.1) is 0 Å². The smallest absolute Gasteiger partial charge is 0.242 e. The first kappa shape index (κ1) is 15.0. The molecule has 1 aromatic carbocycles. The summed E-state index contributed by atoms with van der Waals surface area (Å²) in [5, 5.41) is 8.58. The number of rotatable bonds is 5. The second-order valence-corrected chi connectivity index (χ2v) is 7.54. The van der Waals surface area contributed by atoms with E-state index in [2.05, 4.69) is 10.2 Å². The molecule has 1 aromatic heterocycles. The minimum Gasteiger partial charge on any atom is -0.312 e. The summed E-state index contributed by atoms with van der Waals surface area (Å²) in [6, 6.07) is 6.95. The average Bonchev–Trinajstić information content (AvgIpc) is 2.82. The molecule has 0 atom stereocenters. The largest absolute Gasteiger partial charge is 0.312 e. The van der Waals surface area contributed by atoms with Gasteiger partial charge in [0.25, 0.3) is 0 Å². The van der Waals surface area contributed by atoms with E-state index in [0.717, 1.165) is 10.7 Å². The molecule has 0 amide bonds. The summed E-state index contributed by atoms with van der Waals surface area (Å²) in [5.74, 6) is 0.642. The lowest BCUT2D eigenvalue weighted by Gasteiger charge is -2.12. The summed E-state index contributed by atoms with van der Waals surface area (Å²) in [7, 11) is 1.53. The lowest BCUT2D eigenvalue weighted by atomic mass is 10.2. The minimum atomic E-state index is -3.39. The van der Waals surface area contributed by atoms with Crippen LogP contribution in [0.5, 0.6) is 0 Å². The molecule has 0 unspecified atom stereocenters. The summed E-state index contributed by atoms with van der Waals surface area (Å²) >= 11 is 1.52. The Balaban J connectivity index is 2.17. The van der Waals surface area contributed by atoms with Crippen LogP contribution in [0.3, 0.4) is 0 Å². The van der Waals surface area contributed by atoms with Crippen molar-refractivity contribution in [2.75, 3.05) is 14.1 Å². The number of hydrogen-bond donors (Lipinski definition) is 0. The van der Waals surface area contributed by atoms with E-state index in [4.69, 9.17) is 0 Å². The normalized spacial score (nSPS) is 12.0. The molecule has 0 saturated carbocycles. The molecule has 108 valence electrons. The van der Waals surface area contributed by atoms with Crippen molar-refractivity contribution in [3.05, 3.63) is 36.2 Å². The zero-order valence-corrected chi connectivity index (χ0v) is 13.1. The number of benzene rings is 1. The predicted molar refractivity (Wildman–Crippen MR) is 77.9 cm³/mol. The maximum Gasteiger partial charge on any atom is 0.242 e. The minimum absolute atomic E-state index is 0.304. The third-order valence-electron chi connectivity index (χ3n) is 2.71. The number of nitrogens with zero attached hydrogens (tertiary/aromatic N) is 4. The Morgan fingerprint density at radius 3 is 2.70 bits per heavy atom. The zero-order chi connectivity index (χ0) is 14.8. The van der Waals surface area contributed by atoms with Crippen LogP contribution in [-0.2, 0) is 22.8 Å². The Bertz CT molecular complexity index is 695. The van der Waals surface area contributed by atoms with Gasteiger partial charge in [-0.05, 0) is 17.7 Å². The Morgan fingerprint density at radius 2 is 2.10 bits per heavy atom. The molecule has 0 bridgehead atoms. The predicted octanol–water partition coefficient (Wildman–Crippen LogP) is 1.36. The summed E-state index contributed by atoms with van der Waals surface area (Å²) in [4.78, 5) is 0.304. The third kappa shape index (κ3) is 3.20. The van der Waals surface area contributed by atoms with E-state index in [1.165, 1.54) is 30.2 Å². The second kappa shape index (κ2) is 5.94. The molecule has 0 N–H and O–H groups in total. The Kier molecular flexibility index (Phi) is 4.46. The van der Waals surface area contributed by atoms with Crippen LogP contribution in [0.1, 0.15) is 5.56 Å². The first-order chi connectivity index (χ1) is 9.41. The molecule has 20 heavy (non-hydrogen) atoms. The van der Waals surface area contributed by atoms with Gasteiger partial charge in [-0.15, -0.1) is 10.2 Å². The van der Waals surface area contributed by atoms with Gasteiger partial charge >= 0.3 is 0 Å². The molecule has 6 nitrogen and oxygen atoms in total. The van der Waals surface area contributed by atoms with Crippen LogP contribution in [0.4, 0.5) is 0 Å². The average molecular weight is 312 g/mol. The molecule has 0 aliphatic heterocycles. The summed E-state index contributed by atoms with van der Waals surface area (Å²) < 4.78 is 27.2. The standard InChI is InChI=1S/C12H16N4O2S2/c1-15(2)20(17,18)11-6-4-5-10(7-11)8-19-12-14-13-9-16(12)3/h4-7,9H,8H2,1-3H3. The molecular weight excluding hydrogens is 296 g/mol. The van der Waals surface area contributed by atoms with Crippen molar-refractivity contribution < 1.29 is 8.42 Å². The van der Waals surface area contributed by atoms with Crippen molar-refractivity contribution in [1.29, 1.82) is 0 Å².